The Balaban J connectivity index is 2.33. The number of ether oxygens (including phenoxy) is 2. The molecular formula is C18H18N4O3. The van der Waals surface area contributed by atoms with Gasteiger partial charge >= 0.3 is 0 Å². The highest BCUT2D eigenvalue weighted by molar-refractivity contribution is 5.97. The number of hydrogen-bond acceptors (Lipinski definition) is 5. The molecule has 0 aliphatic heterocycles. The molecule has 0 saturated carbocycles. The maximum Gasteiger partial charge on any atom is 0.272 e. The van der Waals surface area contributed by atoms with E-state index in [0.29, 0.717) is 22.9 Å². The molecule has 1 amide bonds. The van der Waals surface area contributed by atoms with Crippen molar-refractivity contribution in [2.75, 3.05) is 26.5 Å². The van der Waals surface area contributed by atoms with E-state index >= 15 is 0 Å². The van der Waals surface area contributed by atoms with E-state index in [1.54, 1.807) is 39.5 Å². The van der Waals surface area contributed by atoms with Gasteiger partial charge in [0, 0.05) is 12.6 Å². The fourth-order valence-corrected chi connectivity index (χ4v) is 2.16. The Morgan fingerprint density at radius 3 is 2.68 bits per heavy atom. The number of nitrogens with two attached hydrogens (primary N) is 1. The molecular weight excluding hydrogens is 320 g/mol. The van der Waals surface area contributed by atoms with E-state index in [-0.39, 0.29) is 18.1 Å². The zero-order chi connectivity index (χ0) is 18.4. The predicted octanol–water partition coefficient (Wildman–Crippen LogP) is 0.782. The highest BCUT2D eigenvalue weighted by Crippen LogP contribution is 2.27. The van der Waals surface area contributed by atoms with Crippen LogP contribution in [0.1, 0.15) is 21.9 Å². The molecule has 128 valence electrons. The molecule has 0 aliphatic carbocycles. The summed E-state index contributed by atoms with van der Waals surface area (Å²) in [6.07, 6.45) is 5.13. The van der Waals surface area contributed by atoms with Crippen molar-refractivity contribution in [3.63, 3.8) is 0 Å². The van der Waals surface area contributed by atoms with Crippen molar-refractivity contribution in [2.24, 2.45) is 7.05 Å². The molecule has 25 heavy (non-hydrogen) atoms. The molecule has 0 fully saturated rings. The van der Waals surface area contributed by atoms with Crippen molar-refractivity contribution in [1.29, 1.82) is 0 Å². The number of hydrogen-bond donors (Lipinski definition) is 2. The molecule has 1 aromatic carbocycles. The van der Waals surface area contributed by atoms with Crippen LogP contribution in [0.5, 0.6) is 11.5 Å². The summed E-state index contributed by atoms with van der Waals surface area (Å²) in [5, 5.41) is 2.55. The number of terminal acetylenes is 1. The van der Waals surface area contributed by atoms with Gasteiger partial charge in [0.25, 0.3) is 5.91 Å². The van der Waals surface area contributed by atoms with Gasteiger partial charge in [-0.05, 0) is 24.1 Å². The monoisotopic (exact) mass is 338 g/mol. The van der Waals surface area contributed by atoms with E-state index in [9.17, 15) is 4.79 Å². The van der Waals surface area contributed by atoms with Crippen LogP contribution in [-0.4, -0.2) is 36.2 Å². The summed E-state index contributed by atoms with van der Waals surface area (Å²) < 4.78 is 12.0. The van der Waals surface area contributed by atoms with Gasteiger partial charge < -0.3 is 25.1 Å². The second-order valence-corrected chi connectivity index (χ2v) is 4.93. The molecule has 1 aromatic heterocycles. The lowest BCUT2D eigenvalue weighted by atomic mass is 10.2. The van der Waals surface area contributed by atoms with Crippen LogP contribution in [-0.2, 0) is 7.05 Å². The number of imidazole rings is 1. The third-order valence-electron chi connectivity index (χ3n) is 3.39. The molecule has 0 unspecified atom stereocenters. The van der Waals surface area contributed by atoms with Crippen LogP contribution >= 0.6 is 0 Å². The Morgan fingerprint density at radius 1 is 1.32 bits per heavy atom. The van der Waals surface area contributed by atoms with Gasteiger partial charge in [-0.2, -0.15) is 0 Å². The summed E-state index contributed by atoms with van der Waals surface area (Å²) >= 11 is 0. The fraction of sp³-hybridized carbons (Fsp3) is 0.222. The molecule has 2 rings (SSSR count). The second-order valence-electron chi connectivity index (χ2n) is 4.93. The smallest absolute Gasteiger partial charge is 0.272 e. The summed E-state index contributed by atoms with van der Waals surface area (Å²) in [6.45, 7) is 0.107. The van der Waals surface area contributed by atoms with Crippen molar-refractivity contribution in [1.82, 2.24) is 14.9 Å². The lowest BCUT2D eigenvalue weighted by molar-refractivity contribution is 0.0951. The average Bonchev–Trinajstić information content (AvgIpc) is 2.91. The van der Waals surface area contributed by atoms with Crippen molar-refractivity contribution in [3.05, 3.63) is 35.3 Å². The van der Waals surface area contributed by atoms with E-state index in [2.05, 4.69) is 28.1 Å². The first kappa shape index (κ1) is 17.8. The molecule has 7 nitrogen and oxygen atoms in total. The molecule has 0 bridgehead atoms. The van der Waals surface area contributed by atoms with Crippen molar-refractivity contribution in [2.45, 2.75) is 0 Å². The maximum atomic E-state index is 12.1. The average molecular weight is 338 g/mol. The third kappa shape index (κ3) is 3.85. The number of carbonyl (C=O) groups is 1. The molecule has 0 saturated heterocycles. The minimum atomic E-state index is -0.399. The maximum absolute atomic E-state index is 12.1. The minimum Gasteiger partial charge on any atom is -0.493 e. The van der Waals surface area contributed by atoms with Crippen molar-refractivity contribution < 1.29 is 14.3 Å². The number of methoxy groups -OCH3 is 2. The lowest BCUT2D eigenvalue weighted by Crippen LogP contribution is -2.26. The normalized spacial score (nSPS) is 9.52. The van der Waals surface area contributed by atoms with Gasteiger partial charge in [-0.1, -0.05) is 11.8 Å². The SMILES string of the molecule is C#CCNC(=O)c1c(N)nc(C#Cc2ccc(OC)c(OC)c2)n1C. The van der Waals surface area contributed by atoms with Crippen molar-refractivity contribution >= 4 is 11.7 Å². The predicted molar refractivity (Wildman–Crippen MR) is 94.3 cm³/mol. The number of anilines is 1. The summed E-state index contributed by atoms with van der Waals surface area (Å²) in [5.41, 5.74) is 6.74. The zero-order valence-corrected chi connectivity index (χ0v) is 14.2. The van der Waals surface area contributed by atoms with Crippen LogP contribution in [0.15, 0.2) is 18.2 Å². The third-order valence-corrected chi connectivity index (χ3v) is 3.39. The summed E-state index contributed by atoms with van der Waals surface area (Å²) in [5.74, 6) is 9.42. The molecule has 3 N–H and O–H groups in total. The molecule has 2 aromatic rings. The summed E-state index contributed by atoms with van der Waals surface area (Å²) in [4.78, 5) is 16.2. The summed E-state index contributed by atoms with van der Waals surface area (Å²) in [6, 6.07) is 5.30. The van der Waals surface area contributed by atoms with Crippen LogP contribution < -0.4 is 20.5 Å². The van der Waals surface area contributed by atoms with Gasteiger partial charge in [0.1, 0.15) is 0 Å². The first-order valence-corrected chi connectivity index (χ1v) is 7.29. The van der Waals surface area contributed by atoms with E-state index in [1.165, 1.54) is 4.57 Å². The Labute approximate surface area is 146 Å². The number of nitrogens with one attached hydrogen (secondary N) is 1. The van der Waals surface area contributed by atoms with E-state index in [0.717, 1.165) is 0 Å². The lowest BCUT2D eigenvalue weighted by Gasteiger charge is -2.06. The van der Waals surface area contributed by atoms with Gasteiger partial charge in [-0.25, -0.2) is 4.98 Å². The molecule has 0 aliphatic rings. The first-order valence-electron chi connectivity index (χ1n) is 7.29. The largest absolute Gasteiger partial charge is 0.493 e. The van der Waals surface area contributed by atoms with Gasteiger partial charge in [0.15, 0.2) is 28.8 Å². The van der Waals surface area contributed by atoms with E-state index < -0.39 is 5.91 Å². The molecule has 1 heterocycles. The highest BCUT2D eigenvalue weighted by Gasteiger charge is 2.17. The van der Waals surface area contributed by atoms with E-state index in [4.69, 9.17) is 21.6 Å². The first-order chi connectivity index (χ1) is 12.0. The second kappa shape index (κ2) is 7.80. The van der Waals surface area contributed by atoms with Gasteiger partial charge in [-0.15, -0.1) is 6.42 Å². The molecule has 0 radical (unpaired) electrons. The zero-order valence-electron chi connectivity index (χ0n) is 14.2. The van der Waals surface area contributed by atoms with Crippen LogP contribution in [0.25, 0.3) is 0 Å². The number of benzene rings is 1. The van der Waals surface area contributed by atoms with Gasteiger partial charge in [0.2, 0.25) is 0 Å². The Bertz CT molecular complexity index is 898. The minimum absolute atomic E-state index is 0.0913. The molecule has 0 spiro atoms. The Hall–Kier alpha value is -3.58. The number of aromatic nitrogens is 2. The number of nitrogen functional groups attached to an aromatic ring is 1. The van der Waals surface area contributed by atoms with Crippen LogP contribution in [0.3, 0.4) is 0 Å². The number of rotatable bonds is 4. The Kier molecular flexibility index (Phi) is 5.54. The standard InChI is InChI=1S/C18H18N4O3/c1-5-10-20-18(23)16-17(19)21-15(22(16)2)9-7-12-6-8-13(24-3)14(11-12)25-4/h1,6,8,11H,10,19H2,2-4H3,(H,20,23). The topological polar surface area (TPSA) is 91.4 Å². The van der Waals surface area contributed by atoms with E-state index in [1.807, 2.05) is 0 Å². The Morgan fingerprint density at radius 2 is 2.04 bits per heavy atom. The fourth-order valence-electron chi connectivity index (χ4n) is 2.16. The number of nitrogens with zero attached hydrogens (tertiary/aromatic N) is 2. The van der Waals surface area contributed by atoms with Gasteiger partial charge in [-0.3, -0.25) is 4.79 Å². The summed E-state index contributed by atoms with van der Waals surface area (Å²) in [7, 11) is 4.77. The van der Waals surface area contributed by atoms with Crippen LogP contribution in [0.4, 0.5) is 5.82 Å². The number of carbonyl (C=O) groups excluding carboxylic acids is 1. The highest BCUT2D eigenvalue weighted by atomic mass is 16.5. The van der Waals surface area contributed by atoms with Crippen LogP contribution in [0, 0.1) is 24.2 Å². The molecule has 7 heteroatoms. The van der Waals surface area contributed by atoms with Crippen LogP contribution in [0.2, 0.25) is 0 Å². The quantitative estimate of drug-likeness (QED) is 0.804. The van der Waals surface area contributed by atoms with Gasteiger partial charge in [0.05, 0.1) is 20.8 Å². The number of amides is 1. The molecule has 0 atom stereocenters. The van der Waals surface area contributed by atoms with Crippen molar-refractivity contribution in [3.8, 4) is 35.7 Å².